The van der Waals surface area contributed by atoms with Crippen LogP contribution in [0, 0.1) is 19.8 Å². The minimum Gasteiger partial charge on any atom is -0.324 e. The predicted octanol–water partition coefficient (Wildman–Crippen LogP) is 4.71. The van der Waals surface area contributed by atoms with E-state index in [1.54, 1.807) is 17.0 Å². The van der Waals surface area contributed by atoms with Crippen molar-refractivity contribution >= 4 is 50.7 Å². The van der Waals surface area contributed by atoms with Gasteiger partial charge in [0.1, 0.15) is 0 Å². The first-order chi connectivity index (χ1) is 11.8. The van der Waals surface area contributed by atoms with Crippen LogP contribution in [0.15, 0.2) is 40.9 Å². The van der Waals surface area contributed by atoms with Crippen LogP contribution in [0.3, 0.4) is 0 Å². The zero-order valence-electron chi connectivity index (χ0n) is 14.0. The first-order valence-electron chi connectivity index (χ1n) is 7.98. The van der Waals surface area contributed by atoms with Gasteiger partial charge >= 0.3 is 0 Å². The van der Waals surface area contributed by atoms with Crippen molar-refractivity contribution in [3.05, 3.63) is 57.0 Å². The smallest absolute Gasteiger partial charge is 0.229 e. The van der Waals surface area contributed by atoms with Gasteiger partial charge in [0.15, 0.2) is 0 Å². The highest BCUT2D eigenvalue weighted by molar-refractivity contribution is 9.10. The number of carbonyl (C=O) groups excluding carboxylic acids is 2. The van der Waals surface area contributed by atoms with E-state index in [0.29, 0.717) is 17.3 Å². The molecule has 1 N–H and O–H groups in total. The summed E-state index contributed by atoms with van der Waals surface area (Å²) in [4.78, 5) is 26.7. The maximum atomic E-state index is 12.6. The van der Waals surface area contributed by atoms with E-state index in [0.717, 1.165) is 21.3 Å². The van der Waals surface area contributed by atoms with Gasteiger partial charge in [0, 0.05) is 23.1 Å². The summed E-state index contributed by atoms with van der Waals surface area (Å²) < 4.78 is 0.840. The van der Waals surface area contributed by atoms with Crippen LogP contribution in [-0.2, 0) is 9.59 Å². The number of amides is 2. The molecule has 2 aromatic carbocycles. The van der Waals surface area contributed by atoms with Crippen molar-refractivity contribution in [1.82, 2.24) is 0 Å². The molecular weight excluding hydrogens is 404 g/mol. The number of carbonyl (C=O) groups is 2. The molecule has 130 valence electrons. The lowest BCUT2D eigenvalue weighted by Gasteiger charge is -2.19. The van der Waals surface area contributed by atoms with Crippen molar-refractivity contribution in [2.75, 3.05) is 16.8 Å². The number of aryl methyl sites for hydroxylation is 2. The van der Waals surface area contributed by atoms with Crippen LogP contribution in [0.4, 0.5) is 11.4 Å². The molecule has 0 saturated carbocycles. The zero-order valence-corrected chi connectivity index (χ0v) is 16.3. The molecule has 0 radical (unpaired) electrons. The zero-order chi connectivity index (χ0) is 18.1. The van der Waals surface area contributed by atoms with E-state index in [1.807, 2.05) is 38.1 Å². The van der Waals surface area contributed by atoms with Crippen LogP contribution in [0.5, 0.6) is 0 Å². The Labute approximate surface area is 160 Å². The van der Waals surface area contributed by atoms with Gasteiger partial charge in [-0.2, -0.15) is 0 Å². The SMILES string of the molecule is Cc1ccc(N2C[C@H](C(=O)Nc3ccc(Br)cc3Cl)CC2=O)c(C)c1. The summed E-state index contributed by atoms with van der Waals surface area (Å²) in [6, 6.07) is 11.2. The molecule has 6 heteroatoms. The molecule has 3 rings (SSSR count). The van der Waals surface area contributed by atoms with Crippen LogP contribution in [0.2, 0.25) is 5.02 Å². The van der Waals surface area contributed by atoms with Crippen molar-refractivity contribution in [2.45, 2.75) is 20.3 Å². The van der Waals surface area contributed by atoms with Gasteiger partial charge in [0.25, 0.3) is 0 Å². The Morgan fingerprint density at radius 2 is 2.00 bits per heavy atom. The lowest BCUT2D eigenvalue weighted by atomic mass is 10.1. The standard InChI is InChI=1S/C19H18BrClN2O2/c1-11-3-6-17(12(2)7-11)23-10-13(8-18(23)24)19(25)22-16-5-4-14(20)9-15(16)21/h3-7,9,13H,8,10H2,1-2H3,(H,22,25)/t13-/m1/s1. The van der Waals surface area contributed by atoms with Gasteiger partial charge in [-0.25, -0.2) is 0 Å². The monoisotopic (exact) mass is 420 g/mol. The molecule has 1 heterocycles. The second-order valence-electron chi connectivity index (χ2n) is 6.31. The van der Waals surface area contributed by atoms with Gasteiger partial charge in [-0.3, -0.25) is 9.59 Å². The van der Waals surface area contributed by atoms with E-state index >= 15 is 0 Å². The number of halogens is 2. The maximum Gasteiger partial charge on any atom is 0.229 e. The largest absolute Gasteiger partial charge is 0.324 e. The number of nitrogens with one attached hydrogen (secondary N) is 1. The van der Waals surface area contributed by atoms with Crippen LogP contribution in [-0.4, -0.2) is 18.4 Å². The van der Waals surface area contributed by atoms with Crippen LogP contribution < -0.4 is 10.2 Å². The molecule has 0 unspecified atom stereocenters. The number of hydrogen-bond donors (Lipinski definition) is 1. The Morgan fingerprint density at radius 3 is 2.68 bits per heavy atom. The maximum absolute atomic E-state index is 12.6. The highest BCUT2D eigenvalue weighted by atomic mass is 79.9. The molecule has 25 heavy (non-hydrogen) atoms. The summed E-state index contributed by atoms with van der Waals surface area (Å²) in [6.07, 6.45) is 0.202. The number of hydrogen-bond acceptors (Lipinski definition) is 2. The number of benzene rings is 2. The van der Waals surface area contributed by atoms with E-state index in [-0.39, 0.29) is 18.2 Å². The molecule has 0 aromatic heterocycles. The van der Waals surface area contributed by atoms with Crippen LogP contribution >= 0.6 is 27.5 Å². The van der Waals surface area contributed by atoms with Crippen LogP contribution in [0.25, 0.3) is 0 Å². The van der Waals surface area contributed by atoms with Gasteiger partial charge in [0.05, 0.1) is 16.6 Å². The van der Waals surface area contributed by atoms with Crippen molar-refractivity contribution < 1.29 is 9.59 Å². The molecule has 1 aliphatic rings. The molecule has 0 bridgehead atoms. The Kier molecular flexibility index (Phi) is 5.16. The fraction of sp³-hybridized carbons (Fsp3) is 0.263. The third kappa shape index (κ3) is 3.88. The fourth-order valence-electron chi connectivity index (χ4n) is 3.05. The van der Waals surface area contributed by atoms with Gasteiger partial charge in [0.2, 0.25) is 11.8 Å². The molecule has 1 atom stereocenters. The molecule has 1 aliphatic heterocycles. The summed E-state index contributed by atoms with van der Waals surface area (Å²) in [6.45, 7) is 4.37. The Balaban J connectivity index is 1.74. The van der Waals surface area contributed by atoms with E-state index in [1.165, 1.54) is 0 Å². The minimum atomic E-state index is -0.395. The van der Waals surface area contributed by atoms with E-state index in [4.69, 9.17) is 11.6 Å². The lowest BCUT2D eigenvalue weighted by Crippen LogP contribution is -2.28. The van der Waals surface area contributed by atoms with Crippen molar-refractivity contribution in [2.24, 2.45) is 5.92 Å². The minimum absolute atomic E-state index is 0.0333. The van der Waals surface area contributed by atoms with Crippen molar-refractivity contribution in [1.29, 1.82) is 0 Å². The van der Waals surface area contributed by atoms with E-state index < -0.39 is 5.92 Å². The summed E-state index contributed by atoms with van der Waals surface area (Å²) in [5, 5.41) is 3.28. The molecule has 2 amide bonds. The predicted molar refractivity (Wildman–Crippen MR) is 104 cm³/mol. The van der Waals surface area contributed by atoms with Crippen molar-refractivity contribution in [3.63, 3.8) is 0 Å². The summed E-state index contributed by atoms with van der Waals surface area (Å²) >= 11 is 9.48. The third-order valence-electron chi connectivity index (χ3n) is 4.33. The topological polar surface area (TPSA) is 49.4 Å². The third-order valence-corrected chi connectivity index (χ3v) is 5.13. The normalized spacial score (nSPS) is 17.0. The number of rotatable bonds is 3. The average molecular weight is 422 g/mol. The molecule has 4 nitrogen and oxygen atoms in total. The highest BCUT2D eigenvalue weighted by Gasteiger charge is 2.35. The lowest BCUT2D eigenvalue weighted by molar-refractivity contribution is -0.122. The molecule has 0 spiro atoms. The number of nitrogens with zero attached hydrogens (tertiary/aromatic N) is 1. The van der Waals surface area contributed by atoms with Gasteiger partial charge in [-0.1, -0.05) is 45.2 Å². The first-order valence-corrected chi connectivity index (χ1v) is 9.16. The fourth-order valence-corrected chi connectivity index (χ4v) is 3.77. The summed E-state index contributed by atoms with van der Waals surface area (Å²) in [5.41, 5.74) is 3.59. The Morgan fingerprint density at radius 1 is 1.24 bits per heavy atom. The Bertz CT molecular complexity index is 853. The van der Waals surface area contributed by atoms with Gasteiger partial charge in [-0.15, -0.1) is 0 Å². The summed E-state index contributed by atoms with van der Waals surface area (Å²) in [7, 11) is 0. The highest BCUT2D eigenvalue weighted by Crippen LogP contribution is 2.30. The van der Waals surface area contributed by atoms with E-state index in [2.05, 4.69) is 21.2 Å². The molecular formula is C19H18BrClN2O2. The quantitative estimate of drug-likeness (QED) is 0.780. The first kappa shape index (κ1) is 18.0. The van der Waals surface area contributed by atoms with E-state index in [9.17, 15) is 9.59 Å². The number of anilines is 2. The average Bonchev–Trinajstić information content (AvgIpc) is 2.92. The second-order valence-corrected chi connectivity index (χ2v) is 7.63. The van der Waals surface area contributed by atoms with Crippen LogP contribution in [0.1, 0.15) is 17.5 Å². The van der Waals surface area contributed by atoms with Crippen molar-refractivity contribution in [3.8, 4) is 0 Å². The van der Waals surface area contributed by atoms with Gasteiger partial charge < -0.3 is 10.2 Å². The Hall–Kier alpha value is -1.85. The molecule has 0 aliphatic carbocycles. The molecule has 2 aromatic rings. The molecule has 1 fully saturated rings. The second kappa shape index (κ2) is 7.18. The molecule has 1 saturated heterocycles. The van der Waals surface area contributed by atoms with Gasteiger partial charge in [-0.05, 0) is 43.7 Å². The summed E-state index contributed by atoms with van der Waals surface area (Å²) in [5.74, 6) is -0.619.